The maximum Gasteiger partial charge on any atom is 0.233 e. The first-order valence-electron chi connectivity index (χ1n) is 7.40. The van der Waals surface area contributed by atoms with E-state index < -0.39 is 0 Å². The van der Waals surface area contributed by atoms with E-state index in [-0.39, 0.29) is 18.2 Å². The van der Waals surface area contributed by atoms with E-state index in [1.54, 1.807) is 23.1 Å². The van der Waals surface area contributed by atoms with Crippen LogP contribution in [-0.2, 0) is 9.59 Å². The van der Waals surface area contributed by atoms with Gasteiger partial charge in [0, 0.05) is 18.1 Å². The van der Waals surface area contributed by atoms with Crippen molar-refractivity contribution in [3.05, 3.63) is 23.2 Å². The lowest BCUT2D eigenvalue weighted by Crippen LogP contribution is -2.39. The van der Waals surface area contributed by atoms with Crippen molar-refractivity contribution in [2.45, 2.75) is 26.2 Å². The second kappa shape index (κ2) is 7.49. The Morgan fingerprint density at radius 3 is 2.68 bits per heavy atom. The van der Waals surface area contributed by atoms with Crippen LogP contribution in [0.1, 0.15) is 26.2 Å². The zero-order chi connectivity index (χ0) is 16.1. The van der Waals surface area contributed by atoms with Gasteiger partial charge in [-0.3, -0.25) is 9.59 Å². The van der Waals surface area contributed by atoms with Gasteiger partial charge in [0.15, 0.2) is 0 Å². The molecule has 0 spiro atoms. The minimum absolute atomic E-state index is 0.134. The average Bonchev–Trinajstić information content (AvgIpc) is 2.48. The Labute approximate surface area is 135 Å². The van der Waals surface area contributed by atoms with E-state index in [4.69, 9.17) is 16.3 Å². The first-order valence-corrected chi connectivity index (χ1v) is 7.78. The zero-order valence-corrected chi connectivity index (χ0v) is 13.7. The SMILES string of the molecule is COc1ccc(Cl)cc1NC(=O)CC(=O)N1CCC(C)CC1. The van der Waals surface area contributed by atoms with Gasteiger partial charge in [-0.25, -0.2) is 0 Å². The zero-order valence-electron chi connectivity index (χ0n) is 12.9. The van der Waals surface area contributed by atoms with Gasteiger partial charge in [0.2, 0.25) is 11.8 Å². The summed E-state index contributed by atoms with van der Waals surface area (Å²) < 4.78 is 5.17. The van der Waals surface area contributed by atoms with Crippen molar-refractivity contribution < 1.29 is 14.3 Å². The summed E-state index contributed by atoms with van der Waals surface area (Å²) in [5.41, 5.74) is 0.472. The van der Waals surface area contributed by atoms with Crippen LogP contribution in [0.25, 0.3) is 0 Å². The minimum atomic E-state index is -0.357. The van der Waals surface area contributed by atoms with Gasteiger partial charge in [-0.2, -0.15) is 0 Å². The molecule has 1 saturated heterocycles. The predicted octanol–water partition coefficient (Wildman–Crippen LogP) is 2.94. The van der Waals surface area contributed by atoms with Crippen LogP contribution in [0.15, 0.2) is 18.2 Å². The Kier molecular flexibility index (Phi) is 5.66. The molecule has 0 bridgehead atoms. The van der Waals surface area contributed by atoms with E-state index in [0.29, 0.717) is 22.4 Å². The van der Waals surface area contributed by atoms with E-state index in [1.165, 1.54) is 7.11 Å². The van der Waals surface area contributed by atoms with Crippen LogP contribution in [-0.4, -0.2) is 36.9 Å². The molecule has 120 valence electrons. The molecule has 5 nitrogen and oxygen atoms in total. The lowest BCUT2D eigenvalue weighted by Gasteiger charge is -2.30. The highest BCUT2D eigenvalue weighted by atomic mass is 35.5. The lowest BCUT2D eigenvalue weighted by molar-refractivity contribution is -0.135. The summed E-state index contributed by atoms with van der Waals surface area (Å²) in [6.07, 6.45) is 1.83. The van der Waals surface area contributed by atoms with Gasteiger partial charge in [-0.05, 0) is 37.0 Å². The molecule has 0 saturated carbocycles. The summed E-state index contributed by atoms with van der Waals surface area (Å²) in [5, 5.41) is 3.18. The molecule has 1 aromatic carbocycles. The van der Waals surface area contributed by atoms with E-state index >= 15 is 0 Å². The molecular formula is C16H21ClN2O3. The van der Waals surface area contributed by atoms with Crippen molar-refractivity contribution >= 4 is 29.1 Å². The number of nitrogens with one attached hydrogen (secondary N) is 1. The maximum absolute atomic E-state index is 12.1. The number of piperidine rings is 1. The molecule has 0 aromatic heterocycles. The molecule has 2 amide bonds. The number of benzene rings is 1. The van der Waals surface area contributed by atoms with Crippen molar-refractivity contribution in [3.8, 4) is 5.75 Å². The fourth-order valence-electron chi connectivity index (χ4n) is 2.48. The van der Waals surface area contributed by atoms with Gasteiger partial charge in [0.25, 0.3) is 0 Å². The van der Waals surface area contributed by atoms with Crippen LogP contribution in [0.4, 0.5) is 5.69 Å². The number of hydrogen-bond acceptors (Lipinski definition) is 3. The lowest BCUT2D eigenvalue weighted by atomic mass is 9.99. The van der Waals surface area contributed by atoms with Crippen molar-refractivity contribution in [1.82, 2.24) is 4.90 Å². The normalized spacial score (nSPS) is 15.5. The molecule has 2 rings (SSSR count). The third-order valence-electron chi connectivity index (χ3n) is 3.88. The molecular weight excluding hydrogens is 304 g/mol. The fraction of sp³-hybridized carbons (Fsp3) is 0.500. The van der Waals surface area contributed by atoms with E-state index in [0.717, 1.165) is 25.9 Å². The largest absolute Gasteiger partial charge is 0.495 e. The quantitative estimate of drug-likeness (QED) is 0.866. The van der Waals surface area contributed by atoms with E-state index in [2.05, 4.69) is 12.2 Å². The van der Waals surface area contributed by atoms with Crippen LogP contribution >= 0.6 is 11.6 Å². The standard InChI is InChI=1S/C16H21ClN2O3/c1-11-5-7-19(8-6-11)16(21)10-15(20)18-13-9-12(17)3-4-14(13)22-2/h3-4,9,11H,5-8,10H2,1-2H3,(H,18,20). The van der Waals surface area contributed by atoms with Crippen LogP contribution < -0.4 is 10.1 Å². The van der Waals surface area contributed by atoms with Gasteiger partial charge >= 0.3 is 0 Å². The summed E-state index contributed by atoms with van der Waals surface area (Å²) in [6, 6.07) is 4.95. The second-order valence-corrected chi connectivity index (χ2v) is 6.07. The Morgan fingerprint density at radius 2 is 2.05 bits per heavy atom. The van der Waals surface area contributed by atoms with Crippen molar-refractivity contribution in [2.24, 2.45) is 5.92 Å². The van der Waals surface area contributed by atoms with Gasteiger partial charge < -0.3 is 15.0 Å². The van der Waals surface area contributed by atoms with Crippen molar-refractivity contribution in [3.63, 3.8) is 0 Å². The summed E-state index contributed by atoms with van der Waals surface area (Å²) in [4.78, 5) is 25.9. The Bertz CT molecular complexity index is 554. The molecule has 1 aromatic rings. The average molecular weight is 325 g/mol. The molecule has 1 aliphatic heterocycles. The second-order valence-electron chi connectivity index (χ2n) is 5.63. The number of anilines is 1. The van der Waals surface area contributed by atoms with Crippen LogP contribution in [0.5, 0.6) is 5.75 Å². The van der Waals surface area contributed by atoms with E-state index in [9.17, 15) is 9.59 Å². The number of halogens is 1. The number of hydrogen-bond donors (Lipinski definition) is 1. The van der Waals surface area contributed by atoms with Gasteiger partial charge in [0.05, 0.1) is 12.8 Å². The van der Waals surface area contributed by atoms with Gasteiger partial charge in [-0.15, -0.1) is 0 Å². The first kappa shape index (κ1) is 16.6. The highest BCUT2D eigenvalue weighted by Crippen LogP contribution is 2.27. The number of carbonyl (C=O) groups excluding carboxylic acids is 2. The fourth-order valence-corrected chi connectivity index (χ4v) is 2.65. The number of methoxy groups -OCH3 is 1. The number of amides is 2. The monoisotopic (exact) mass is 324 g/mol. The summed E-state index contributed by atoms with van der Waals surface area (Å²) >= 11 is 5.92. The molecule has 1 heterocycles. The Hall–Kier alpha value is -1.75. The molecule has 22 heavy (non-hydrogen) atoms. The minimum Gasteiger partial charge on any atom is -0.495 e. The van der Waals surface area contributed by atoms with Crippen LogP contribution in [0, 0.1) is 5.92 Å². The Morgan fingerprint density at radius 1 is 1.36 bits per heavy atom. The molecule has 1 N–H and O–H groups in total. The molecule has 0 unspecified atom stereocenters. The molecule has 1 aliphatic rings. The topological polar surface area (TPSA) is 58.6 Å². The number of likely N-dealkylation sites (tertiary alicyclic amines) is 1. The van der Waals surface area contributed by atoms with Crippen LogP contribution in [0.2, 0.25) is 5.02 Å². The molecule has 1 fully saturated rings. The van der Waals surface area contributed by atoms with Gasteiger partial charge in [-0.1, -0.05) is 18.5 Å². The van der Waals surface area contributed by atoms with Crippen LogP contribution in [0.3, 0.4) is 0 Å². The number of rotatable bonds is 4. The summed E-state index contributed by atoms with van der Waals surface area (Å²) in [6.45, 7) is 3.64. The highest BCUT2D eigenvalue weighted by molar-refractivity contribution is 6.31. The van der Waals surface area contributed by atoms with Crippen molar-refractivity contribution in [1.29, 1.82) is 0 Å². The van der Waals surface area contributed by atoms with E-state index in [1.807, 2.05) is 0 Å². The number of carbonyl (C=O) groups is 2. The third-order valence-corrected chi connectivity index (χ3v) is 4.12. The Balaban J connectivity index is 1.92. The molecule has 0 aliphatic carbocycles. The smallest absolute Gasteiger partial charge is 0.233 e. The molecule has 6 heteroatoms. The maximum atomic E-state index is 12.1. The molecule has 0 atom stereocenters. The predicted molar refractivity (Wildman–Crippen MR) is 86.2 cm³/mol. The first-order chi connectivity index (χ1) is 10.5. The highest BCUT2D eigenvalue weighted by Gasteiger charge is 2.22. The molecule has 0 radical (unpaired) electrons. The number of nitrogens with zero attached hydrogens (tertiary/aromatic N) is 1. The number of ether oxygens (including phenoxy) is 1. The van der Waals surface area contributed by atoms with Gasteiger partial charge in [0.1, 0.15) is 12.2 Å². The summed E-state index contributed by atoms with van der Waals surface area (Å²) in [7, 11) is 1.51. The van der Waals surface area contributed by atoms with Crippen molar-refractivity contribution in [2.75, 3.05) is 25.5 Å². The summed E-state index contributed by atoms with van der Waals surface area (Å²) in [5.74, 6) is 0.667. The third kappa shape index (κ3) is 4.37.